The van der Waals surface area contributed by atoms with Crippen molar-refractivity contribution in [1.29, 1.82) is 0 Å². The molecule has 1 saturated heterocycles. The normalized spacial score (nSPS) is 18.4. The molecule has 130 valence electrons. The van der Waals surface area contributed by atoms with Gasteiger partial charge >= 0.3 is 0 Å². The first-order valence-electron chi connectivity index (χ1n) is 8.45. The van der Waals surface area contributed by atoms with Crippen molar-refractivity contribution in [3.05, 3.63) is 48.3 Å². The van der Waals surface area contributed by atoms with E-state index in [1.54, 1.807) is 6.20 Å². The number of aliphatic hydroxyl groups is 1. The van der Waals surface area contributed by atoms with Gasteiger partial charge in [0.2, 0.25) is 0 Å². The summed E-state index contributed by atoms with van der Waals surface area (Å²) in [6, 6.07) is 10.2. The van der Waals surface area contributed by atoms with Crippen molar-refractivity contribution >= 4 is 0 Å². The van der Waals surface area contributed by atoms with Crippen LogP contribution in [-0.2, 0) is 11.3 Å². The van der Waals surface area contributed by atoms with Crippen LogP contribution in [0.1, 0.15) is 12.5 Å². The van der Waals surface area contributed by atoms with Crippen LogP contribution in [-0.4, -0.2) is 64.8 Å². The Morgan fingerprint density at radius 3 is 2.67 bits per heavy atom. The van der Waals surface area contributed by atoms with Gasteiger partial charge in [0.25, 0.3) is 0 Å². The minimum Gasteiger partial charge on any atom is -0.388 e. The topological polar surface area (TPSA) is 62.5 Å². The van der Waals surface area contributed by atoms with Gasteiger partial charge in [0.05, 0.1) is 24.5 Å². The molecule has 0 amide bonds. The third-order valence-electron chi connectivity index (χ3n) is 4.21. The number of morpholine rings is 1. The summed E-state index contributed by atoms with van der Waals surface area (Å²) < 4.78 is 7.18. The summed E-state index contributed by atoms with van der Waals surface area (Å²) in [6.45, 7) is 7.15. The summed E-state index contributed by atoms with van der Waals surface area (Å²) in [6.07, 6.45) is 3.70. The van der Waals surface area contributed by atoms with E-state index in [1.807, 2.05) is 23.9 Å². The van der Waals surface area contributed by atoms with Gasteiger partial charge in [0.15, 0.2) is 0 Å². The Hall–Kier alpha value is -1.73. The van der Waals surface area contributed by atoms with E-state index in [4.69, 9.17) is 4.74 Å². The second-order valence-electron chi connectivity index (χ2n) is 6.61. The monoisotopic (exact) mass is 330 g/mol. The fraction of sp³-hybridized carbons (Fsp3) is 0.500. The number of hydrogen-bond acceptors (Lipinski definition) is 5. The summed E-state index contributed by atoms with van der Waals surface area (Å²) >= 11 is 0. The van der Waals surface area contributed by atoms with Gasteiger partial charge in [-0.15, -0.1) is 0 Å². The molecule has 1 fully saturated rings. The van der Waals surface area contributed by atoms with E-state index in [9.17, 15) is 5.11 Å². The average molecular weight is 330 g/mol. The van der Waals surface area contributed by atoms with Gasteiger partial charge in [-0.1, -0.05) is 12.1 Å². The van der Waals surface area contributed by atoms with Crippen molar-refractivity contribution in [2.24, 2.45) is 0 Å². The molecule has 1 aromatic heterocycles. The molecule has 0 saturated carbocycles. The Labute approximate surface area is 143 Å². The third kappa shape index (κ3) is 4.88. The van der Waals surface area contributed by atoms with Crippen LogP contribution in [0.2, 0.25) is 0 Å². The lowest BCUT2D eigenvalue weighted by atomic mass is 10.1. The van der Waals surface area contributed by atoms with E-state index >= 15 is 0 Å². The lowest BCUT2D eigenvalue weighted by Crippen LogP contribution is -2.50. The second kappa shape index (κ2) is 7.90. The summed E-state index contributed by atoms with van der Waals surface area (Å²) in [5.74, 6) is 0. The number of rotatable bonds is 7. The fourth-order valence-electron chi connectivity index (χ4n) is 2.96. The van der Waals surface area contributed by atoms with Gasteiger partial charge in [0, 0.05) is 45.1 Å². The molecule has 6 heteroatoms. The standard InChI is InChI=1S/C18H26N4O2/c1-18(23,15-21-9-11-24-12-10-21)14-19-13-16-3-5-17(6-4-16)22-8-2-7-20-22/h2-8,19,23H,9-15H2,1H3. The molecule has 0 spiro atoms. The molecule has 3 rings (SSSR count). The molecule has 2 aromatic rings. The molecule has 1 aliphatic rings. The maximum atomic E-state index is 10.6. The number of ether oxygens (including phenoxy) is 1. The number of β-amino-alcohol motifs (C(OH)–C–C–N with tert-alkyl or cyclic N) is 1. The van der Waals surface area contributed by atoms with E-state index in [0.29, 0.717) is 13.1 Å². The van der Waals surface area contributed by atoms with Crippen molar-refractivity contribution in [2.75, 3.05) is 39.4 Å². The van der Waals surface area contributed by atoms with Gasteiger partial charge in [-0.25, -0.2) is 4.68 Å². The molecule has 1 unspecified atom stereocenters. The Kier molecular flexibility index (Phi) is 5.63. The number of nitrogens with zero attached hydrogens (tertiary/aromatic N) is 3. The molecular formula is C18H26N4O2. The Bertz CT molecular complexity index is 604. The van der Waals surface area contributed by atoms with Crippen LogP contribution in [0.5, 0.6) is 0 Å². The molecule has 6 nitrogen and oxygen atoms in total. The van der Waals surface area contributed by atoms with Crippen LogP contribution in [0.3, 0.4) is 0 Å². The van der Waals surface area contributed by atoms with Gasteiger partial charge in [-0.2, -0.15) is 5.10 Å². The smallest absolute Gasteiger partial charge is 0.0869 e. The van der Waals surface area contributed by atoms with Crippen molar-refractivity contribution in [1.82, 2.24) is 20.0 Å². The van der Waals surface area contributed by atoms with E-state index < -0.39 is 5.60 Å². The van der Waals surface area contributed by atoms with Crippen LogP contribution in [0.25, 0.3) is 5.69 Å². The van der Waals surface area contributed by atoms with Crippen LogP contribution in [0.4, 0.5) is 0 Å². The highest BCUT2D eigenvalue weighted by Crippen LogP contribution is 2.10. The Morgan fingerprint density at radius 1 is 1.25 bits per heavy atom. The zero-order chi connectivity index (χ0) is 16.8. The minimum absolute atomic E-state index is 0.561. The van der Waals surface area contributed by atoms with Crippen molar-refractivity contribution in [2.45, 2.75) is 19.1 Å². The van der Waals surface area contributed by atoms with Crippen molar-refractivity contribution in [3.63, 3.8) is 0 Å². The first-order chi connectivity index (χ1) is 11.6. The maximum absolute atomic E-state index is 10.6. The average Bonchev–Trinajstić information content (AvgIpc) is 3.10. The number of aromatic nitrogens is 2. The summed E-state index contributed by atoms with van der Waals surface area (Å²) in [4.78, 5) is 2.25. The summed E-state index contributed by atoms with van der Waals surface area (Å²) in [5.41, 5.74) is 1.49. The molecule has 2 N–H and O–H groups in total. The summed E-state index contributed by atoms with van der Waals surface area (Å²) in [7, 11) is 0. The quantitative estimate of drug-likeness (QED) is 0.794. The molecule has 0 bridgehead atoms. The van der Waals surface area contributed by atoms with Crippen LogP contribution < -0.4 is 5.32 Å². The molecule has 24 heavy (non-hydrogen) atoms. The Morgan fingerprint density at radius 2 is 2.00 bits per heavy atom. The van der Waals surface area contributed by atoms with Crippen molar-refractivity contribution in [3.8, 4) is 5.69 Å². The highest BCUT2D eigenvalue weighted by Gasteiger charge is 2.24. The predicted octanol–water partition coefficient (Wildman–Crippen LogP) is 1.05. The van der Waals surface area contributed by atoms with Crippen LogP contribution in [0.15, 0.2) is 42.7 Å². The Balaban J connectivity index is 1.45. The highest BCUT2D eigenvalue weighted by molar-refractivity contribution is 5.33. The van der Waals surface area contributed by atoms with Crippen LogP contribution >= 0.6 is 0 Å². The van der Waals surface area contributed by atoms with Crippen molar-refractivity contribution < 1.29 is 9.84 Å². The van der Waals surface area contributed by atoms with E-state index in [-0.39, 0.29) is 0 Å². The maximum Gasteiger partial charge on any atom is 0.0869 e. The highest BCUT2D eigenvalue weighted by atomic mass is 16.5. The van der Waals surface area contributed by atoms with Gasteiger partial charge in [0.1, 0.15) is 0 Å². The van der Waals surface area contributed by atoms with E-state index in [2.05, 4.69) is 39.6 Å². The van der Waals surface area contributed by atoms with E-state index in [1.165, 1.54) is 5.56 Å². The second-order valence-corrected chi connectivity index (χ2v) is 6.61. The SMILES string of the molecule is CC(O)(CNCc1ccc(-n2cccn2)cc1)CN1CCOCC1. The third-order valence-corrected chi connectivity index (χ3v) is 4.21. The molecule has 2 heterocycles. The predicted molar refractivity (Wildman–Crippen MR) is 93.2 cm³/mol. The largest absolute Gasteiger partial charge is 0.388 e. The lowest BCUT2D eigenvalue weighted by Gasteiger charge is -2.34. The molecule has 1 aromatic carbocycles. The zero-order valence-corrected chi connectivity index (χ0v) is 14.2. The number of benzene rings is 1. The number of nitrogens with one attached hydrogen (secondary N) is 1. The number of hydrogen-bond donors (Lipinski definition) is 2. The van der Waals surface area contributed by atoms with Gasteiger partial charge in [-0.05, 0) is 30.7 Å². The molecular weight excluding hydrogens is 304 g/mol. The molecule has 1 atom stereocenters. The first-order valence-corrected chi connectivity index (χ1v) is 8.45. The first kappa shape index (κ1) is 17.1. The minimum atomic E-state index is -0.744. The van der Waals surface area contributed by atoms with Crippen LogP contribution in [0, 0.1) is 0 Å². The van der Waals surface area contributed by atoms with E-state index in [0.717, 1.165) is 38.5 Å². The molecule has 0 aliphatic carbocycles. The molecule has 1 aliphatic heterocycles. The lowest BCUT2D eigenvalue weighted by molar-refractivity contribution is -0.0219. The van der Waals surface area contributed by atoms with Gasteiger partial charge < -0.3 is 15.2 Å². The molecule has 0 radical (unpaired) electrons. The summed E-state index contributed by atoms with van der Waals surface area (Å²) in [5, 5.41) is 18.1. The fourth-order valence-corrected chi connectivity index (χ4v) is 2.96. The zero-order valence-electron chi connectivity index (χ0n) is 14.2. The van der Waals surface area contributed by atoms with Gasteiger partial charge in [-0.3, -0.25) is 4.90 Å².